The van der Waals surface area contributed by atoms with Crippen molar-refractivity contribution in [3.05, 3.63) is 0 Å². The minimum Gasteiger partial charge on any atom is -0.394 e. The van der Waals surface area contributed by atoms with Crippen molar-refractivity contribution >= 4 is 0 Å². The number of ether oxygens (including phenoxy) is 8. The zero-order chi connectivity index (χ0) is 26.4. The van der Waals surface area contributed by atoms with Crippen LogP contribution in [0.3, 0.4) is 0 Å². The molecule has 2 N–H and O–H groups in total. The summed E-state index contributed by atoms with van der Waals surface area (Å²) < 4.78 is 43.1. The standard InChI is InChI=1S/C26H54O10/c1-3-5-6-25(4-2)23-26(28)24-36-22-21-35-20-19-34-18-17-33-16-15-32-14-13-31-12-11-30-10-9-29-8-7-27/h25-28H,3-24H2,1-2H3. The lowest BCUT2D eigenvalue weighted by Crippen LogP contribution is -2.21. The van der Waals surface area contributed by atoms with Crippen molar-refractivity contribution in [1.82, 2.24) is 0 Å². The van der Waals surface area contributed by atoms with E-state index in [0.717, 1.165) is 12.8 Å². The highest BCUT2D eigenvalue weighted by Crippen LogP contribution is 2.18. The van der Waals surface area contributed by atoms with E-state index < -0.39 is 6.10 Å². The van der Waals surface area contributed by atoms with Crippen molar-refractivity contribution in [2.24, 2.45) is 5.92 Å². The zero-order valence-electron chi connectivity index (χ0n) is 22.9. The van der Waals surface area contributed by atoms with E-state index in [4.69, 9.17) is 43.0 Å². The Labute approximate surface area is 218 Å². The molecular formula is C26H54O10. The Morgan fingerprint density at radius 2 is 0.889 bits per heavy atom. The molecule has 0 aromatic carbocycles. The second kappa shape index (κ2) is 30.8. The summed E-state index contributed by atoms with van der Waals surface area (Å²) in [6.07, 6.45) is 5.14. The maximum atomic E-state index is 10.1. The molecule has 0 aliphatic rings. The van der Waals surface area contributed by atoms with Gasteiger partial charge in [0.05, 0.1) is 118 Å². The van der Waals surface area contributed by atoms with Crippen molar-refractivity contribution in [3.63, 3.8) is 0 Å². The lowest BCUT2D eigenvalue weighted by Gasteiger charge is -2.18. The molecule has 10 nitrogen and oxygen atoms in total. The van der Waals surface area contributed by atoms with Gasteiger partial charge in [-0.2, -0.15) is 0 Å². The first-order valence-electron chi connectivity index (χ1n) is 13.6. The van der Waals surface area contributed by atoms with Crippen LogP contribution in [0.15, 0.2) is 0 Å². The third-order valence-electron chi connectivity index (χ3n) is 5.30. The summed E-state index contributed by atoms with van der Waals surface area (Å²) in [7, 11) is 0. The van der Waals surface area contributed by atoms with E-state index in [0.29, 0.717) is 112 Å². The van der Waals surface area contributed by atoms with Crippen LogP contribution in [0.4, 0.5) is 0 Å². The van der Waals surface area contributed by atoms with Crippen LogP contribution >= 0.6 is 0 Å². The van der Waals surface area contributed by atoms with Crippen LogP contribution in [0, 0.1) is 5.92 Å². The molecule has 0 saturated heterocycles. The average Bonchev–Trinajstić information content (AvgIpc) is 2.89. The molecule has 0 rings (SSSR count). The molecule has 0 heterocycles. The topological polar surface area (TPSA) is 114 Å². The molecule has 0 bridgehead atoms. The summed E-state index contributed by atoms with van der Waals surface area (Å²) in [5.74, 6) is 0.583. The SMILES string of the molecule is CCCCC(CC)CC(O)COCCOCCOCCOCCOCCOCCOCCOCCO. The van der Waals surface area contributed by atoms with Crippen LogP contribution < -0.4 is 0 Å². The van der Waals surface area contributed by atoms with Gasteiger partial charge in [-0.1, -0.05) is 39.5 Å². The third-order valence-corrected chi connectivity index (χ3v) is 5.30. The van der Waals surface area contributed by atoms with Gasteiger partial charge in [0.15, 0.2) is 0 Å². The Kier molecular flexibility index (Phi) is 30.5. The molecule has 2 unspecified atom stereocenters. The molecule has 2 atom stereocenters. The van der Waals surface area contributed by atoms with Crippen molar-refractivity contribution < 1.29 is 48.1 Å². The van der Waals surface area contributed by atoms with Crippen molar-refractivity contribution in [2.45, 2.75) is 52.1 Å². The van der Waals surface area contributed by atoms with Crippen LogP contribution in [-0.2, 0) is 37.9 Å². The summed E-state index contributed by atoms with van der Waals surface area (Å²) in [6.45, 7) is 12.2. The highest BCUT2D eigenvalue weighted by molar-refractivity contribution is 4.64. The monoisotopic (exact) mass is 526 g/mol. The molecular weight excluding hydrogens is 472 g/mol. The van der Waals surface area contributed by atoms with Gasteiger partial charge >= 0.3 is 0 Å². The molecule has 0 spiro atoms. The predicted molar refractivity (Wildman–Crippen MR) is 138 cm³/mol. The molecule has 10 heteroatoms. The third kappa shape index (κ3) is 28.2. The quantitative estimate of drug-likeness (QED) is 0.130. The first-order valence-corrected chi connectivity index (χ1v) is 13.6. The Balaban J connectivity index is 3.17. The molecule has 0 aliphatic carbocycles. The lowest BCUT2D eigenvalue weighted by molar-refractivity contribution is -0.0288. The van der Waals surface area contributed by atoms with Gasteiger partial charge in [0.25, 0.3) is 0 Å². The van der Waals surface area contributed by atoms with Crippen LogP contribution in [0.2, 0.25) is 0 Å². The second-order valence-corrected chi connectivity index (χ2v) is 8.39. The first kappa shape index (κ1) is 35.6. The van der Waals surface area contributed by atoms with E-state index in [9.17, 15) is 5.11 Å². The van der Waals surface area contributed by atoms with E-state index in [1.807, 2.05) is 0 Å². The Morgan fingerprint density at radius 3 is 1.22 bits per heavy atom. The smallest absolute Gasteiger partial charge is 0.0776 e. The summed E-state index contributed by atoms with van der Waals surface area (Å²) in [6, 6.07) is 0. The first-order chi connectivity index (χ1) is 17.7. The van der Waals surface area contributed by atoms with Gasteiger partial charge in [0.1, 0.15) is 0 Å². The molecule has 218 valence electrons. The highest BCUT2D eigenvalue weighted by atomic mass is 16.6. The van der Waals surface area contributed by atoms with Gasteiger partial charge in [-0.3, -0.25) is 0 Å². The predicted octanol–water partition coefficient (Wildman–Crippen LogP) is 2.08. The number of rotatable bonds is 31. The molecule has 0 amide bonds. The number of hydrogen-bond donors (Lipinski definition) is 2. The van der Waals surface area contributed by atoms with Crippen molar-refractivity contribution in [1.29, 1.82) is 0 Å². The fraction of sp³-hybridized carbons (Fsp3) is 1.00. The number of hydrogen-bond acceptors (Lipinski definition) is 10. The summed E-state index contributed by atoms with van der Waals surface area (Å²) in [5, 5.41) is 18.7. The van der Waals surface area contributed by atoms with Gasteiger partial charge in [-0.25, -0.2) is 0 Å². The molecule has 0 radical (unpaired) electrons. The molecule has 0 aromatic rings. The molecule has 0 saturated carbocycles. The summed E-state index contributed by atoms with van der Waals surface area (Å²) >= 11 is 0. The van der Waals surface area contributed by atoms with Gasteiger partial charge in [0.2, 0.25) is 0 Å². The van der Waals surface area contributed by atoms with Crippen LogP contribution in [0.5, 0.6) is 0 Å². The van der Waals surface area contributed by atoms with Gasteiger partial charge in [-0.15, -0.1) is 0 Å². The summed E-state index contributed by atoms with van der Waals surface area (Å²) in [5.41, 5.74) is 0. The highest BCUT2D eigenvalue weighted by Gasteiger charge is 2.12. The Hall–Kier alpha value is -0.400. The maximum absolute atomic E-state index is 10.1. The second-order valence-electron chi connectivity index (χ2n) is 8.39. The van der Waals surface area contributed by atoms with Crippen LogP contribution in [0.1, 0.15) is 46.0 Å². The van der Waals surface area contributed by atoms with E-state index in [1.165, 1.54) is 19.3 Å². The summed E-state index contributed by atoms with van der Waals surface area (Å²) in [4.78, 5) is 0. The number of aliphatic hydroxyl groups excluding tert-OH is 2. The average molecular weight is 527 g/mol. The zero-order valence-corrected chi connectivity index (χ0v) is 22.9. The van der Waals surface area contributed by atoms with Crippen molar-refractivity contribution in [3.8, 4) is 0 Å². The van der Waals surface area contributed by atoms with E-state index in [1.54, 1.807) is 0 Å². The van der Waals surface area contributed by atoms with E-state index in [2.05, 4.69) is 13.8 Å². The number of unbranched alkanes of at least 4 members (excludes halogenated alkanes) is 1. The minimum atomic E-state index is -0.394. The molecule has 0 aromatic heterocycles. The largest absolute Gasteiger partial charge is 0.394 e. The minimum absolute atomic E-state index is 0.0288. The van der Waals surface area contributed by atoms with Crippen molar-refractivity contribution in [2.75, 3.05) is 112 Å². The number of aliphatic hydroxyl groups is 2. The normalized spacial score (nSPS) is 13.3. The van der Waals surface area contributed by atoms with Crippen LogP contribution in [0.25, 0.3) is 0 Å². The fourth-order valence-corrected chi connectivity index (χ4v) is 3.26. The molecule has 0 fully saturated rings. The molecule has 0 aliphatic heterocycles. The van der Waals surface area contributed by atoms with E-state index in [-0.39, 0.29) is 6.61 Å². The van der Waals surface area contributed by atoms with Gasteiger partial charge in [-0.05, 0) is 12.3 Å². The van der Waals surface area contributed by atoms with E-state index >= 15 is 0 Å². The Bertz CT molecular complexity index is 403. The Morgan fingerprint density at radius 1 is 0.528 bits per heavy atom. The molecule has 36 heavy (non-hydrogen) atoms. The lowest BCUT2D eigenvalue weighted by atomic mass is 9.93. The van der Waals surface area contributed by atoms with Gasteiger partial charge in [0, 0.05) is 0 Å². The maximum Gasteiger partial charge on any atom is 0.0776 e. The van der Waals surface area contributed by atoms with Crippen LogP contribution in [-0.4, -0.2) is 129 Å². The van der Waals surface area contributed by atoms with Gasteiger partial charge < -0.3 is 48.1 Å². The fourth-order valence-electron chi connectivity index (χ4n) is 3.26.